The van der Waals surface area contributed by atoms with Crippen LogP contribution in [-0.2, 0) is 13.1 Å². The van der Waals surface area contributed by atoms with Crippen LogP contribution in [0.1, 0.15) is 22.9 Å². The van der Waals surface area contributed by atoms with Crippen LogP contribution in [0.25, 0.3) is 11.4 Å². The summed E-state index contributed by atoms with van der Waals surface area (Å²) in [5, 5.41) is 8.06. The molecule has 26 heavy (non-hydrogen) atoms. The average Bonchev–Trinajstić information content (AvgIpc) is 3.26. The lowest BCUT2D eigenvalue weighted by Crippen LogP contribution is -2.45. The normalized spacial score (nSPS) is 16.2. The Balaban J connectivity index is 1.30. The Hall–Kier alpha value is -2.51. The molecule has 7 nitrogen and oxygen atoms in total. The van der Waals surface area contributed by atoms with E-state index in [4.69, 9.17) is 9.05 Å². The van der Waals surface area contributed by atoms with Gasteiger partial charge in [-0.3, -0.25) is 9.80 Å². The summed E-state index contributed by atoms with van der Waals surface area (Å²) >= 11 is 0. The summed E-state index contributed by atoms with van der Waals surface area (Å²) in [6.07, 6.45) is 0. The van der Waals surface area contributed by atoms with Crippen molar-refractivity contribution < 1.29 is 9.05 Å². The number of aryl methyl sites for hydroxylation is 2. The third-order valence-electron chi connectivity index (χ3n) is 4.66. The first-order chi connectivity index (χ1) is 12.7. The number of nitrogens with zero attached hydrogens (tertiary/aromatic N) is 5. The maximum absolute atomic E-state index is 5.44. The third kappa shape index (κ3) is 4.00. The molecule has 1 aromatic carbocycles. The first-order valence-electron chi connectivity index (χ1n) is 8.92. The minimum atomic E-state index is 0.652. The fourth-order valence-corrected chi connectivity index (χ4v) is 3.15. The van der Waals surface area contributed by atoms with Crippen LogP contribution in [0.15, 0.2) is 39.4 Å². The number of benzene rings is 1. The predicted octanol–water partition coefficient (Wildman–Crippen LogP) is 2.66. The van der Waals surface area contributed by atoms with E-state index in [-0.39, 0.29) is 0 Å². The Morgan fingerprint density at radius 3 is 2.23 bits per heavy atom. The molecule has 1 saturated heterocycles. The molecule has 4 rings (SSSR count). The van der Waals surface area contributed by atoms with E-state index in [0.717, 1.165) is 49.7 Å². The fraction of sp³-hybridized carbons (Fsp3) is 0.421. The molecule has 0 atom stereocenters. The van der Waals surface area contributed by atoms with E-state index in [1.54, 1.807) is 0 Å². The van der Waals surface area contributed by atoms with Gasteiger partial charge in [0.1, 0.15) is 0 Å². The van der Waals surface area contributed by atoms with Crippen molar-refractivity contribution in [3.05, 3.63) is 53.2 Å². The molecule has 3 aromatic rings. The maximum Gasteiger partial charge on any atom is 0.241 e. The van der Waals surface area contributed by atoms with Crippen molar-refractivity contribution in [3.63, 3.8) is 0 Å². The van der Waals surface area contributed by atoms with Gasteiger partial charge in [0.25, 0.3) is 0 Å². The van der Waals surface area contributed by atoms with Crippen LogP contribution < -0.4 is 0 Å². The summed E-state index contributed by atoms with van der Waals surface area (Å²) in [6.45, 7) is 9.41. The minimum absolute atomic E-state index is 0.652. The van der Waals surface area contributed by atoms with Crippen molar-refractivity contribution in [2.24, 2.45) is 0 Å². The van der Waals surface area contributed by atoms with Crippen molar-refractivity contribution in [2.75, 3.05) is 26.2 Å². The zero-order valence-electron chi connectivity index (χ0n) is 15.2. The van der Waals surface area contributed by atoms with Crippen molar-refractivity contribution in [2.45, 2.75) is 26.9 Å². The van der Waals surface area contributed by atoms with E-state index >= 15 is 0 Å². The first kappa shape index (κ1) is 16.9. The standard InChI is InChI=1S/C19H23N5O2/c1-14-3-5-16(6-4-14)19-20-18(26-22-19)13-24-9-7-23(8-10-24)12-17-11-15(2)21-25-17/h3-6,11H,7-10,12-13H2,1-2H3. The van der Waals surface area contributed by atoms with E-state index in [9.17, 15) is 0 Å². The highest BCUT2D eigenvalue weighted by molar-refractivity contribution is 5.54. The first-order valence-corrected chi connectivity index (χ1v) is 8.92. The van der Waals surface area contributed by atoms with Gasteiger partial charge in [-0.05, 0) is 13.8 Å². The van der Waals surface area contributed by atoms with Gasteiger partial charge in [-0.2, -0.15) is 4.98 Å². The van der Waals surface area contributed by atoms with Crippen molar-refractivity contribution in [1.29, 1.82) is 0 Å². The monoisotopic (exact) mass is 353 g/mol. The number of aromatic nitrogens is 3. The molecule has 2 aromatic heterocycles. The third-order valence-corrected chi connectivity index (χ3v) is 4.66. The quantitative estimate of drug-likeness (QED) is 0.698. The summed E-state index contributed by atoms with van der Waals surface area (Å²) < 4.78 is 10.7. The van der Waals surface area contributed by atoms with E-state index in [1.807, 2.05) is 25.1 Å². The highest BCUT2D eigenvalue weighted by Gasteiger charge is 2.20. The highest BCUT2D eigenvalue weighted by atomic mass is 16.5. The van der Waals surface area contributed by atoms with E-state index < -0.39 is 0 Å². The molecule has 3 heterocycles. The molecular weight excluding hydrogens is 330 g/mol. The largest absolute Gasteiger partial charge is 0.360 e. The van der Waals surface area contributed by atoms with Crippen molar-refractivity contribution >= 4 is 0 Å². The molecule has 0 aliphatic carbocycles. The van der Waals surface area contributed by atoms with Crippen LogP contribution in [0.5, 0.6) is 0 Å². The molecule has 7 heteroatoms. The van der Waals surface area contributed by atoms with Gasteiger partial charge >= 0.3 is 0 Å². The Bertz CT molecular complexity index is 847. The molecule has 0 radical (unpaired) electrons. The molecule has 1 fully saturated rings. The molecule has 1 aliphatic rings. The van der Waals surface area contributed by atoms with Crippen LogP contribution in [0, 0.1) is 13.8 Å². The minimum Gasteiger partial charge on any atom is -0.360 e. The zero-order chi connectivity index (χ0) is 17.9. The molecule has 136 valence electrons. The van der Waals surface area contributed by atoms with Gasteiger partial charge < -0.3 is 9.05 Å². The van der Waals surface area contributed by atoms with Gasteiger partial charge in [0.2, 0.25) is 11.7 Å². The number of rotatable bonds is 5. The summed E-state index contributed by atoms with van der Waals surface area (Å²) in [5.41, 5.74) is 3.13. The molecule has 0 spiro atoms. The lowest BCUT2D eigenvalue weighted by Gasteiger charge is -2.33. The molecule has 0 saturated carbocycles. The summed E-state index contributed by atoms with van der Waals surface area (Å²) in [7, 11) is 0. The topological polar surface area (TPSA) is 71.4 Å². The molecule has 0 unspecified atom stereocenters. The van der Waals surface area contributed by atoms with Crippen molar-refractivity contribution in [1.82, 2.24) is 25.1 Å². The van der Waals surface area contributed by atoms with Crippen LogP contribution >= 0.6 is 0 Å². The molecule has 0 N–H and O–H groups in total. The summed E-state index contributed by atoms with van der Waals surface area (Å²) in [6, 6.07) is 10.2. The van der Waals surface area contributed by atoms with Crippen LogP contribution in [0.3, 0.4) is 0 Å². The van der Waals surface area contributed by atoms with Crippen molar-refractivity contribution in [3.8, 4) is 11.4 Å². The molecule has 0 amide bonds. The number of piperazine rings is 1. The lowest BCUT2D eigenvalue weighted by atomic mass is 10.1. The van der Waals surface area contributed by atoms with Gasteiger partial charge in [-0.15, -0.1) is 0 Å². The second kappa shape index (κ2) is 7.39. The highest BCUT2D eigenvalue weighted by Crippen LogP contribution is 2.17. The van der Waals surface area contributed by atoms with E-state index in [2.05, 4.69) is 44.2 Å². The molecule has 1 aliphatic heterocycles. The Morgan fingerprint density at radius 2 is 1.58 bits per heavy atom. The Kier molecular flexibility index (Phi) is 4.81. The second-order valence-corrected chi connectivity index (χ2v) is 6.86. The van der Waals surface area contributed by atoms with Gasteiger partial charge in [0, 0.05) is 37.8 Å². The smallest absolute Gasteiger partial charge is 0.241 e. The zero-order valence-corrected chi connectivity index (χ0v) is 15.2. The van der Waals surface area contributed by atoms with Gasteiger partial charge in [0.15, 0.2) is 5.76 Å². The van der Waals surface area contributed by atoms with Crippen LogP contribution in [0.2, 0.25) is 0 Å². The fourth-order valence-electron chi connectivity index (χ4n) is 3.15. The second-order valence-electron chi connectivity index (χ2n) is 6.86. The number of hydrogen-bond donors (Lipinski definition) is 0. The predicted molar refractivity (Wildman–Crippen MR) is 96.3 cm³/mol. The molecular formula is C19H23N5O2. The number of hydrogen-bond acceptors (Lipinski definition) is 7. The summed E-state index contributed by atoms with van der Waals surface area (Å²) in [5.74, 6) is 2.25. The Morgan fingerprint density at radius 1 is 0.885 bits per heavy atom. The van der Waals surface area contributed by atoms with Gasteiger partial charge in [0.05, 0.1) is 18.8 Å². The SMILES string of the molecule is Cc1ccc(-c2noc(CN3CCN(Cc4cc(C)no4)CC3)n2)cc1. The van der Waals surface area contributed by atoms with E-state index in [1.165, 1.54) is 5.56 Å². The Labute approximate surface area is 152 Å². The van der Waals surface area contributed by atoms with Crippen LogP contribution in [-0.4, -0.2) is 51.3 Å². The van der Waals surface area contributed by atoms with Gasteiger partial charge in [-0.25, -0.2) is 0 Å². The van der Waals surface area contributed by atoms with Crippen LogP contribution in [0.4, 0.5) is 0 Å². The molecule has 0 bridgehead atoms. The van der Waals surface area contributed by atoms with E-state index in [0.29, 0.717) is 18.3 Å². The summed E-state index contributed by atoms with van der Waals surface area (Å²) in [4.78, 5) is 9.26. The van der Waals surface area contributed by atoms with Gasteiger partial charge in [-0.1, -0.05) is 40.1 Å². The average molecular weight is 353 g/mol. The maximum atomic E-state index is 5.44. The lowest BCUT2D eigenvalue weighted by molar-refractivity contribution is 0.105.